The number of halogens is 1. The van der Waals surface area contributed by atoms with Crippen LogP contribution in [0.1, 0.15) is 43.1 Å². The van der Waals surface area contributed by atoms with Gasteiger partial charge in [-0.05, 0) is 48.4 Å². The zero-order valence-electron chi connectivity index (χ0n) is 19.9. The summed E-state index contributed by atoms with van der Waals surface area (Å²) in [6.45, 7) is 2.90. The molecule has 0 bridgehead atoms. The van der Waals surface area contributed by atoms with Crippen molar-refractivity contribution in [3.8, 4) is 17.0 Å². The van der Waals surface area contributed by atoms with Gasteiger partial charge in [-0.1, -0.05) is 53.6 Å². The highest BCUT2D eigenvalue weighted by molar-refractivity contribution is 6.31. The van der Waals surface area contributed by atoms with Crippen LogP contribution in [0.2, 0.25) is 5.02 Å². The molecule has 0 saturated heterocycles. The maximum atomic E-state index is 14.0. The van der Waals surface area contributed by atoms with Gasteiger partial charge in [-0.3, -0.25) is 9.48 Å². The van der Waals surface area contributed by atoms with E-state index in [1.807, 2.05) is 43.3 Å². The zero-order valence-corrected chi connectivity index (χ0v) is 20.6. The second-order valence-electron chi connectivity index (χ2n) is 8.88. The van der Waals surface area contributed by atoms with Crippen LogP contribution >= 0.6 is 11.6 Å². The van der Waals surface area contributed by atoms with E-state index in [-0.39, 0.29) is 18.1 Å². The van der Waals surface area contributed by atoms with Crippen LogP contribution in [0, 0.1) is 6.92 Å². The Hall–Kier alpha value is -4.10. The second kappa shape index (κ2) is 9.51. The second-order valence-corrected chi connectivity index (χ2v) is 9.32. The number of aryl methyl sites for hydroxylation is 2. The maximum absolute atomic E-state index is 14.0. The van der Waals surface area contributed by atoms with Gasteiger partial charge in [0.15, 0.2) is 5.69 Å². The van der Waals surface area contributed by atoms with Crippen molar-refractivity contribution < 1.29 is 19.4 Å². The van der Waals surface area contributed by atoms with Crippen molar-refractivity contribution in [3.63, 3.8) is 0 Å². The normalized spacial score (nSPS) is 11.9. The third-order valence-electron chi connectivity index (χ3n) is 6.23. The third-order valence-corrected chi connectivity index (χ3v) is 6.47. The predicted molar refractivity (Wildman–Crippen MR) is 136 cm³/mol. The van der Waals surface area contributed by atoms with Gasteiger partial charge in [-0.15, -0.1) is 0 Å². The van der Waals surface area contributed by atoms with Crippen LogP contribution in [0.4, 0.5) is 0 Å². The van der Waals surface area contributed by atoms with Crippen molar-refractivity contribution in [1.82, 2.24) is 14.7 Å². The Morgan fingerprint density at radius 1 is 1.06 bits per heavy atom. The smallest absolute Gasteiger partial charge is 0.335 e. The number of amides is 1. The first-order valence-electron chi connectivity index (χ1n) is 11.5. The van der Waals surface area contributed by atoms with Crippen LogP contribution in [0.15, 0.2) is 66.7 Å². The van der Waals surface area contributed by atoms with Gasteiger partial charge in [0.05, 0.1) is 11.3 Å². The Bertz CT molecular complexity index is 1480. The molecular formula is C28H24ClN3O4. The Labute approximate surface area is 213 Å². The first kappa shape index (κ1) is 23.6. The van der Waals surface area contributed by atoms with Gasteiger partial charge in [0, 0.05) is 36.3 Å². The molecule has 4 aromatic rings. The number of hydrogen-bond acceptors (Lipinski definition) is 4. The van der Waals surface area contributed by atoms with Crippen LogP contribution < -0.4 is 4.74 Å². The lowest BCUT2D eigenvalue weighted by Gasteiger charge is -2.24. The average Bonchev–Trinajstić information content (AvgIpc) is 3.20. The molecule has 8 heteroatoms. The van der Waals surface area contributed by atoms with Gasteiger partial charge in [-0.2, -0.15) is 5.10 Å². The molecular weight excluding hydrogens is 478 g/mol. The summed E-state index contributed by atoms with van der Waals surface area (Å²) in [4.78, 5) is 26.9. The number of fused-ring (bicyclic) bond motifs is 3. The summed E-state index contributed by atoms with van der Waals surface area (Å²) in [6, 6.07) is 20.0. The van der Waals surface area contributed by atoms with Crippen molar-refractivity contribution in [1.29, 1.82) is 0 Å². The standard InChI is InChI=1S/C28H24ClN3O4/c1-17-4-3-5-19(12-17)15-32(14-18-6-8-20(9-7-18)28(34)35)27(33)25-23-16-36-24-11-10-21(29)13-22(24)26(23)31(2)30-25/h3-13H,14-16H2,1-2H3,(H,34,35). The van der Waals surface area contributed by atoms with E-state index in [1.165, 1.54) is 0 Å². The summed E-state index contributed by atoms with van der Waals surface area (Å²) in [6.07, 6.45) is 0. The highest BCUT2D eigenvalue weighted by Crippen LogP contribution is 2.40. The lowest BCUT2D eigenvalue weighted by Crippen LogP contribution is -2.31. The van der Waals surface area contributed by atoms with E-state index in [0.717, 1.165) is 27.9 Å². The summed E-state index contributed by atoms with van der Waals surface area (Å²) in [5.41, 5.74) is 5.76. The zero-order chi connectivity index (χ0) is 25.4. The third kappa shape index (κ3) is 4.57. The van der Waals surface area contributed by atoms with Crippen molar-refractivity contribution >= 4 is 23.5 Å². The Balaban J connectivity index is 1.52. The summed E-state index contributed by atoms with van der Waals surface area (Å²) in [7, 11) is 1.81. The molecule has 1 N–H and O–H groups in total. The van der Waals surface area contributed by atoms with E-state index < -0.39 is 5.97 Å². The van der Waals surface area contributed by atoms with Crippen LogP contribution in [0.3, 0.4) is 0 Å². The number of nitrogens with zero attached hydrogens (tertiary/aromatic N) is 3. The van der Waals surface area contributed by atoms with Crippen molar-refractivity contribution in [2.45, 2.75) is 26.6 Å². The SMILES string of the molecule is Cc1cccc(CN(Cc2ccc(C(=O)O)cc2)C(=O)c2nn(C)c3c2COc2ccc(Cl)cc2-3)c1. The number of aromatic nitrogens is 2. The van der Waals surface area contributed by atoms with Crippen LogP contribution in [0.5, 0.6) is 5.75 Å². The Morgan fingerprint density at radius 2 is 1.81 bits per heavy atom. The number of carboxylic acid groups (broad SMARTS) is 1. The fraction of sp³-hybridized carbons (Fsp3) is 0.179. The van der Waals surface area contributed by atoms with Crippen molar-refractivity contribution in [3.05, 3.63) is 105 Å². The van der Waals surface area contributed by atoms with Crippen LogP contribution in [-0.2, 0) is 26.7 Å². The molecule has 7 nitrogen and oxygen atoms in total. The van der Waals surface area contributed by atoms with Crippen molar-refractivity contribution in [2.75, 3.05) is 0 Å². The monoisotopic (exact) mass is 501 g/mol. The molecule has 0 spiro atoms. The molecule has 0 fully saturated rings. The first-order valence-corrected chi connectivity index (χ1v) is 11.8. The van der Waals surface area contributed by atoms with Crippen LogP contribution in [0.25, 0.3) is 11.3 Å². The Kier molecular flexibility index (Phi) is 6.24. The molecule has 36 heavy (non-hydrogen) atoms. The predicted octanol–water partition coefficient (Wildman–Crippen LogP) is 5.48. The van der Waals surface area contributed by atoms with E-state index in [9.17, 15) is 14.7 Å². The number of carbonyl (C=O) groups is 2. The molecule has 2 heterocycles. The number of aromatic carboxylic acids is 1. The topological polar surface area (TPSA) is 84.7 Å². The number of carbonyl (C=O) groups excluding carboxylic acids is 1. The molecule has 1 aliphatic heterocycles. The van der Waals surface area contributed by atoms with Gasteiger partial charge in [-0.25, -0.2) is 4.79 Å². The number of hydrogen-bond donors (Lipinski definition) is 1. The maximum Gasteiger partial charge on any atom is 0.335 e. The average molecular weight is 502 g/mol. The molecule has 0 saturated carbocycles. The fourth-order valence-corrected chi connectivity index (χ4v) is 4.70. The van der Waals surface area contributed by atoms with E-state index in [2.05, 4.69) is 5.10 Å². The van der Waals surface area contributed by atoms with E-state index in [1.54, 1.807) is 47.0 Å². The van der Waals surface area contributed by atoms with Crippen molar-refractivity contribution in [2.24, 2.45) is 7.05 Å². The van der Waals surface area contributed by atoms with E-state index in [4.69, 9.17) is 16.3 Å². The summed E-state index contributed by atoms with van der Waals surface area (Å²) in [5, 5.41) is 14.4. The molecule has 182 valence electrons. The molecule has 0 atom stereocenters. The van der Waals surface area contributed by atoms with Crippen LogP contribution in [-0.4, -0.2) is 31.7 Å². The minimum Gasteiger partial charge on any atom is -0.488 e. The molecule has 1 amide bonds. The molecule has 3 aromatic carbocycles. The molecule has 1 aliphatic rings. The van der Waals surface area contributed by atoms with Gasteiger partial charge in [0.1, 0.15) is 12.4 Å². The summed E-state index contributed by atoms with van der Waals surface area (Å²) >= 11 is 6.24. The molecule has 1 aromatic heterocycles. The fourth-order valence-electron chi connectivity index (χ4n) is 4.53. The number of carboxylic acids is 1. The van der Waals surface area contributed by atoms with Gasteiger partial charge < -0.3 is 14.7 Å². The molecule has 0 aliphatic carbocycles. The van der Waals surface area contributed by atoms with E-state index in [0.29, 0.717) is 35.1 Å². The summed E-state index contributed by atoms with van der Waals surface area (Å²) in [5.74, 6) is -0.525. The molecule has 5 rings (SSSR count). The number of ether oxygens (including phenoxy) is 1. The first-order chi connectivity index (χ1) is 17.3. The highest BCUT2D eigenvalue weighted by Gasteiger charge is 2.31. The molecule has 0 unspecified atom stereocenters. The van der Waals surface area contributed by atoms with Gasteiger partial charge >= 0.3 is 5.97 Å². The number of benzene rings is 3. The Morgan fingerprint density at radius 3 is 2.53 bits per heavy atom. The minimum atomic E-state index is -0.991. The minimum absolute atomic E-state index is 0.198. The lowest BCUT2D eigenvalue weighted by molar-refractivity contribution is 0.0692. The largest absolute Gasteiger partial charge is 0.488 e. The van der Waals surface area contributed by atoms with Gasteiger partial charge in [0.25, 0.3) is 5.91 Å². The lowest BCUT2D eigenvalue weighted by atomic mass is 10.0. The van der Waals surface area contributed by atoms with E-state index >= 15 is 0 Å². The molecule has 0 radical (unpaired) electrons. The quantitative estimate of drug-likeness (QED) is 0.378. The highest BCUT2D eigenvalue weighted by atomic mass is 35.5. The number of rotatable bonds is 6. The van der Waals surface area contributed by atoms with Gasteiger partial charge in [0.2, 0.25) is 0 Å². The summed E-state index contributed by atoms with van der Waals surface area (Å²) < 4.78 is 7.64.